The van der Waals surface area contributed by atoms with Gasteiger partial charge in [-0.2, -0.15) is 0 Å². The molecule has 2 rings (SSSR count). The Morgan fingerprint density at radius 3 is 0.991 bits per heavy atom. The van der Waals surface area contributed by atoms with Crippen LogP contribution in [-0.4, -0.2) is 140 Å². The predicted octanol–water partition coefficient (Wildman–Crippen LogP) is 21.5. The first-order valence-electron chi connectivity index (χ1n) is 44.3. The first kappa shape index (κ1) is 99.5. The second kappa shape index (κ2) is 75.1. The summed E-state index contributed by atoms with van der Waals surface area (Å²) in [6.45, 7) is 2.73. The van der Waals surface area contributed by atoms with Crippen LogP contribution in [0.25, 0.3) is 0 Å². The molecule has 0 aromatic carbocycles. The number of hydrogen-bond donors (Lipinski definition) is 9. The number of rotatable bonds is 74. The van der Waals surface area contributed by atoms with Gasteiger partial charge in [-0.1, -0.05) is 392 Å². The van der Waals surface area contributed by atoms with Gasteiger partial charge < -0.3 is 65.1 Å². The first-order chi connectivity index (χ1) is 52.6. The van der Waals surface area contributed by atoms with E-state index in [9.17, 15) is 45.6 Å². The summed E-state index contributed by atoms with van der Waals surface area (Å²) in [7, 11) is 0. The molecule has 0 bridgehead atoms. The Bertz CT molecular complexity index is 2270. The number of unbranched alkanes of at least 4 members (excludes halogenated alkanes) is 43. The molecule has 14 nitrogen and oxygen atoms in total. The molecule has 2 heterocycles. The molecule has 12 atom stereocenters. The normalized spacial score (nSPS) is 21.8. The van der Waals surface area contributed by atoms with Gasteiger partial charge in [0.05, 0.1) is 32.0 Å². The highest BCUT2D eigenvalue weighted by molar-refractivity contribution is 5.76. The van der Waals surface area contributed by atoms with Gasteiger partial charge in [0.1, 0.15) is 48.8 Å². The van der Waals surface area contributed by atoms with Crippen LogP contribution in [0.2, 0.25) is 0 Å². The smallest absolute Gasteiger partial charge is 0.220 e. The number of carbonyl (C=O) groups is 1. The topological polar surface area (TPSA) is 228 Å². The lowest BCUT2D eigenvalue weighted by atomic mass is 9.97. The first-order valence-corrected chi connectivity index (χ1v) is 44.3. The van der Waals surface area contributed by atoms with Gasteiger partial charge >= 0.3 is 0 Å². The van der Waals surface area contributed by atoms with Crippen LogP contribution < -0.4 is 5.32 Å². The van der Waals surface area contributed by atoms with Crippen LogP contribution in [0.4, 0.5) is 0 Å². The molecule has 0 aliphatic carbocycles. The number of carbonyl (C=O) groups excluding carboxylic acids is 1. The standard InChI is InChI=1S/C93H163NO13/c1-3-5-7-9-11-13-15-17-19-21-23-25-27-29-31-33-35-37-38-39-40-41-42-43-44-45-47-49-51-53-55-57-59-61-63-65-67-69-71-73-75-77-85(98)94-81(80-104-92-90(103)88(101)91(84(79-96)106-92)107-93-89(102)87(100)86(99)83(78-95)105-93)82(97)76-74-72-70-68-66-64-62-60-58-56-54-52-50-48-46-36-34-32-30-28-26-24-22-20-18-16-14-12-10-8-6-4-2/h5,7,11,13,17,19,23,25,29,31,35,37,39-40,42-43,45,47,74,76,81-84,86-93,95-97,99-103H,3-4,6,8-10,12,14-16,18,20-22,24,26-28,30,32-34,36,38,41,44,46,48-73,75,77-80H2,1-2H3,(H,94,98)/b7-5-,13-11-,19-17-,25-23-,31-29-,37-35-,40-39-,43-42-,47-45-,76-74+. The number of ether oxygens (including phenoxy) is 4. The zero-order valence-corrected chi connectivity index (χ0v) is 68.1. The molecule has 107 heavy (non-hydrogen) atoms. The van der Waals surface area contributed by atoms with Crippen LogP contribution in [0.5, 0.6) is 0 Å². The van der Waals surface area contributed by atoms with Crippen molar-refractivity contribution < 1.29 is 64.6 Å². The molecule has 0 radical (unpaired) electrons. The molecule has 2 saturated heterocycles. The number of allylic oxidation sites excluding steroid dienone is 19. The Morgan fingerprint density at radius 2 is 0.645 bits per heavy atom. The Labute approximate surface area is 654 Å². The van der Waals surface area contributed by atoms with Crippen molar-refractivity contribution >= 4 is 5.91 Å². The molecular formula is C93H163NO13. The Balaban J connectivity index is 1.59. The van der Waals surface area contributed by atoms with Crippen LogP contribution >= 0.6 is 0 Å². The SMILES string of the molecule is CC/C=C\C/C=C\C/C=C\C/C=C\C/C=C\C/C=C\C/C=C\C/C=C\C/C=C\CCCCCCCCCCCCCCCC(=O)NC(COC1OC(CO)C(OC2OC(CO)C(O)C(O)C2O)C(O)C1O)C(O)/C=C/CCCCCCCCCCCCCCCCCCCCCCCCCCCCCCCC. The number of aliphatic hydroxyl groups excluding tert-OH is 8. The van der Waals surface area contributed by atoms with Crippen LogP contribution in [0, 0.1) is 0 Å². The Kier molecular flexibility index (Phi) is 69.8. The average molecular weight is 1500 g/mol. The molecule has 2 fully saturated rings. The van der Waals surface area contributed by atoms with Crippen LogP contribution in [-0.2, 0) is 23.7 Å². The van der Waals surface area contributed by atoms with E-state index in [1.54, 1.807) is 6.08 Å². The molecule has 0 spiro atoms. The second-order valence-corrected chi connectivity index (χ2v) is 30.6. The summed E-state index contributed by atoms with van der Waals surface area (Å²) in [6, 6.07) is -0.925. The molecule has 1 amide bonds. The van der Waals surface area contributed by atoms with Gasteiger partial charge in [0.25, 0.3) is 0 Å². The van der Waals surface area contributed by atoms with E-state index >= 15 is 0 Å². The molecule has 618 valence electrons. The summed E-state index contributed by atoms with van der Waals surface area (Å²) in [5.41, 5.74) is 0. The molecule has 12 unspecified atom stereocenters. The van der Waals surface area contributed by atoms with E-state index in [0.29, 0.717) is 6.42 Å². The third-order valence-electron chi connectivity index (χ3n) is 20.9. The van der Waals surface area contributed by atoms with Crippen LogP contribution in [0.3, 0.4) is 0 Å². The lowest BCUT2D eigenvalue weighted by Crippen LogP contribution is -2.65. The van der Waals surface area contributed by atoms with Gasteiger partial charge in [0.2, 0.25) is 5.91 Å². The van der Waals surface area contributed by atoms with E-state index in [0.717, 1.165) is 103 Å². The van der Waals surface area contributed by atoms with Crippen molar-refractivity contribution in [3.05, 3.63) is 122 Å². The van der Waals surface area contributed by atoms with E-state index in [4.69, 9.17) is 18.9 Å². The highest BCUT2D eigenvalue weighted by atomic mass is 16.7. The van der Waals surface area contributed by atoms with Crippen molar-refractivity contribution in [3.63, 3.8) is 0 Å². The maximum absolute atomic E-state index is 13.4. The lowest BCUT2D eigenvalue weighted by Gasteiger charge is -2.46. The minimum Gasteiger partial charge on any atom is -0.394 e. The predicted molar refractivity (Wildman–Crippen MR) is 447 cm³/mol. The maximum Gasteiger partial charge on any atom is 0.220 e. The van der Waals surface area contributed by atoms with Crippen molar-refractivity contribution in [1.29, 1.82) is 0 Å². The summed E-state index contributed by atoms with van der Waals surface area (Å²) in [6.07, 6.45) is 94.4. The summed E-state index contributed by atoms with van der Waals surface area (Å²) in [5.74, 6) is -0.240. The van der Waals surface area contributed by atoms with Crippen molar-refractivity contribution in [2.75, 3.05) is 19.8 Å². The second-order valence-electron chi connectivity index (χ2n) is 30.6. The van der Waals surface area contributed by atoms with Gasteiger partial charge in [-0.3, -0.25) is 4.79 Å². The zero-order valence-electron chi connectivity index (χ0n) is 68.1. The third-order valence-corrected chi connectivity index (χ3v) is 20.9. The quantitative estimate of drug-likeness (QED) is 0.0204. The molecule has 9 N–H and O–H groups in total. The molecule has 0 aromatic rings. The zero-order chi connectivity index (χ0) is 77.2. The van der Waals surface area contributed by atoms with Gasteiger partial charge in [-0.25, -0.2) is 0 Å². The Morgan fingerprint density at radius 1 is 0.346 bits per heavy atom. The molecular weight excluding hydrogens is 1340 g/mol. The van der Waals surface area contributed by atoms with E-state index < -0.39 is 86.8 Å². The number of nitrogens with one attached hydrogen (secondary N) is 1. The maximum atomic E-state index is 13.4. The van der Waals surface area contributed by atoms with E-state index in [1.165, 1.54) is 238 Å². The highest BCUT2D eigenvalue weighted by Gasteiger charge is 2.51. The fraction of sp³-hybridized carbons (Fsp3) is 0.774. The van der Waals surface area contributed by atoms with Gasteiger partial charge in [0.15, 0.2) is 12.6 Å². The molecule has 0 saturated carbocycles. The van der Waals surface area contributed by atoms with E-state index in [2.05, 4.69) is 129 Å². The van der Waals surface area contributed by atoms with Crippen molar-refractivity contribution in [2.24, 2.45) is 0 Å². The summed E-state index contributed by atoms with van der Waals surface area (Å²) < 4.78 is 23.0. The fourth-order valence-electron chi connectivity index (χ4n) is 14.0. The van der Waals surface area contributed by atoms with Gasteiger partial charge in [-0.15, -0.1) is 0 Å². The van der Waals surface area contributed by atoms with E-state index in [1.807, 2.05) is 6.08 Å². The molecule has 14 heteroatoms. The van der Waals surface area contributed by atoms with Crippen LogP contribution in [0.1, 0.15) is 367 Å². The summed E-state index contributed by atoms with van der Waals surface area (Å²) >= 11 is 0. The fourth-order valence-corrected chi connectivity index (χ4v) is 14.0. The number of amides is 1. The summed E-state index contributed by atoms with van der Waals surface area (Å²) in [5, 5.41) is 87.9. The van der Waals surface area contributed by atoms with E-state index in [-0.39, 0.29) is 18.9 Å². The monoisotopic (exact) mass is 1500 g/mol. The third kappa shape index (κ3) is 57.1. The van der Waals surface area contributed by atoms with Crippen molar-refractivity contribution in [2.45, 2.75) is 441 Å². The van der Waals surface area contributed by atoms with Crippen molar-refractivity contribution in [3.8, 4) is 0 Å². The minimum atomic E-state index is -1.79. The number of hydrogen-bond acceptors (Lipinski definition) is 13. The van der Waals surface area contributed by atoms with Gasteiger partial charge in [-0.05, 0) is 89.9 Å². The highest BCUT2D eigenvalue weighted by Crippen LogP contribution is 2.30. The largest absolute Gasteiger partial charge is 0.394 e. The molecule has 2 aliphatic rings. The van der Waals surface area contributed by atoms with Crippen LogP contribution in [0.15, 0.2) is 122 Å². The number of aliphatic hydroxyl groups is 8. The van der Waals surface area contributed by atoms with Gasteiger partial charge in [0, 0.05) is 6.42 Å². The Hall–Kier alpha value is -3.61. The van der Waals surface area contributed by atoms with Crippen molar-refractivity contribution in [1.82, 2.24) is 5.32 Å². The minimum absolute atomic E-state index is 0.240. The summed E-state index contributed by atoms with van der Waals surface area (Å²) in [4.78, 5) is 13.4. The average Bonchev–Trinajstić information content (AvgIpc) is 0.789. The molecule has 0 aromatic heterocycles. The molecule has 2 aliphatic heterocycles. The lowest BCUT2D eigenvalue weighted by molar-refractivity contribution is -0.359.